The van der Waals surface area contributed by atoms with Crippen molar-refractivity contribution >= 4 is 17.5 Å². The molecule has 8 nitrogen and oxygen atoms in total. The zero-order valence-corrected chi connectivity index (χ0v) is 13.0. The van der Waals surface area contributed by atoms with E-state index in [0.29, 0.717) is 18.9 Å². The fourth-order valence-corrected chi connectivity index (χ4v) is 2.93. The molecule has 122 valence electrons. The SMILES string of the molecule is NC(=O)C1CN(c2cc(-c3ccccc3)nc3ncnn23)CCN1. The van der Waals surface area contributed by atoms with Crippen molar-refractivity contribution in [3.8, 4) is 11.3 Å². The summed E-state index contributed by atoms with van der Waals surface area (Å²) in [5.74, 6) is 1.02. The van der Waals surface area contributed by atoms with Crippen LogP contribution in [0.1, 0.15) is 0 Å². The van der Waals surface area contributed by atoms with Crippen LogP contribution >= 0.6 is 0 Å². The Kier molecular flexibility index (Phi) is 3.58. The van der Waals surface area contributed by atoms with Gasteiger partial charge in [-0.2, -0.15) is 14.6 Å². The monoisotopic (exact) mass is 323 g/mol. The molecule has 1 aliphatic heterocycles. The van der Waals surface area contributed by atoms with Crippen LogP contribution in [0.5, 0.6) is 0 Å². The van der Waals surface area contributed by atoms with Gasteiger partial charge in [0, 0.05) is 31.3 Å². The van der Waals surface area contributed by atoms with Crippen molar-refractivity contribution in [1.82, 2.24) is 24.9 Å². The normalized spacial score (nSPS) is 18.0. The number of nitrogens with one attached hydrogen (secondary N) is 1. The molecular formula is C16H17N7O. The Labute approximate surface area is 138 Å². The Morgan fingerprint density at radius 1 is 1.29 bits per heavy atom. The van der Waals surface area contributed by atoms with Crippen LogP contribution in [-0.4, -0.2) is 51.2 Å². The van der Waals surface area contributed by atoms with Gasteiger partial charge in [-0.05, 0) is 0 Å². The van der Waals surface area contributed by atoms with Gasteiger partial charge in [-0.15, -0.1) is 0 Å². The fourth-order valence-electron chi connectivity index (χ4n) is 2.93. The fraction of sp³-hybridized carbons (Fsp3) is 0.250. The zero-order chi connectivity index (χ0) is 16.5. The highest BCUT2D eigenvalue weighted by Crippen LogP contribution is 2.24. The number of amides is 1. The number of piperazine rings is 1. The highest BCUT2D eigenvalue weighted by molar-refractivity contribution is 5.81. The summed E-state index contributed by atoms with van der Waals surface area (Å²) in [5, 5.41) is 7.39. The summed E-state index contributed by atoms with van der Waals surface area (Å²) in [6, 6.07) is 11.5. The first-order valence-electron chi connectivity index (χ1n) is 7.76. The van der Waals surface area contributed by atoms with Crippen LogP contribution in [0.25, 0.3) is 17.0 Å². The quantitative estimate of drug-likeness (QED) is 0.706. The first-order valence-corrected chi connectivity index (χ1v) is 7.76. The summed E-state index contributed by atoms with van der Waals surface area (Å²) >= 11 is 0. The number of hydrogen-bond donors (Lipinski definition) is 2. The molecule has 0 aliphatic carbocycles. The molecule has 3 heterocycles. The lowest BCUT2D eigenvalue weighted by Gasteiger charge is -2.33. The predicted octanol–water partition coefficient (Wildman–Crippen LogP) is 0.0548. The molecular weight excluding hydrogens is 306 g/mol. The summed E-state index contributed by atoms with van der Waals surface area (Å²) in [7, 11) is 0. The summed E-state index contributed by atoms with van der Waals surface area (Å²) in [5.41, 5.74) is 7.27. The number of rotatable bonds is 3. The highest BCUT2D eigenvalue weighted by atomic mass is 16.1. The Balaban J connectivity index is 1.79. The van der Waals surface area contributed by atoms with Gasteiger partial charge in [0.15, 0.2) is 0 Å². The second kappa shape index (κ2) is 5.89. The largest absolute Gasteiger partial charge is 0.368 e. The minimum Gasteiger partial charge on any atom is -0.368 e. The molecule has 3 aromatic rings. The molecule has 1 aromatic carbocycles. The minimum atomic E-state index is -0.384. The molecule has 0 spiro atoms. The number of anilines is 1. The zero-order valence-electron chi connectivity index (χ0n) is 13.0. The van der Waals surface area contributed by atoms with E-state index in [1.54, 1.807) is 4.52 Å². The van der Waals surface area contributed by atoms with E-state index in [1.807, 2.05) is 36.4 Å². The van der Waals surface area contributed by atoms with Crippen molar-refractivity contribution in [1.29, 1.82) is 0 Å². The molecule has 1 aliphatic rings. The molecule has 1 fully saturated rings. The molecule has 2 aromatic heterocycles. The van der Waals surface area contributed by atoms with Gasteiger partial charge in [0.05, 0.1) is 5.69 Å². The van der Waals surface area contributed by atoms with E-state index in [9.17, 15) is 4.79 Å². The molecule has 0 bridgehead atoms. The van der Waals surface area contributed by atoms with Crippen molar-refractivity contribution < 1.29 is 4.79 Å². The van der Waals surface area contributed by atoms with E-state index < -0.39 is 0 Å². The lowest BCUT2D eigenvalue weighted by molar-refractivity contribution is -0.120. The molecule has 24 heavy (non-hydrogen) atoms. The maximum atomic E-state index is 11.5. The number of carbonyl (C=O) groups excluding carboxylic acids is 1. The van der Waals surface area contributed by atoms with Gasteiger partial charge in [0.25, 0.3) is 5.78 Å². The van der Waals surface area contributed by atoms with Gasteiger partial charge >= 0.3 is 0 Å². The van der Waals surface area contributed by atoms with E-state index >= 15 is 0 Å². The number of carbonyl (C=O) groups is 1. The maximum Gasteiger partial charge on any atom is 0.254 e. The molecule has 1 saturated heterocycles. The number of nitrogens with two attached hydrogens (primary N) is 1. The second-order valence-corrected chi connectivity index (χ2v) is 5.69. The number of benzene rings is 1. The van der Waals surface area contributed by atoms with Crippen molar-refractivity contribution in [2.45, 2.75) is 6.04 Å². The van der Waals surface area contributed by atoms with Crippen LogP contribution in [0, 0.1) is 0 Å². The van der Waals surface area contributed by atoms with Gasteiger partial charge in [-0.25, -0.2) is 4.98 Å². The van der Waals surface area contributed by atoms with E-state index in [0.717, 1.165) is 23.6 Å². The van der Waals surface area contributed by atoms with Crippen molar-refractivity contribution in [2.24, 2.45) is 5.73 Å². The van der Waals surface area contributed by atoms with E-state index in [1.165, 1.54) is 6.33 Å². The summed E-state index contributed by atoms with van der Waals surface area (Å²) in [4.78, 5) is 22.4. The number of aromatic nitrogens is 4. The van der Waals surface area contributed by atoms with E-state index in [2.05, 4.69) is 25.3 Å². The number of fused-ring (bicyclic) bond motifs is 1. The smallest absolute Gasteiger partial charge is 0.254 e. The van der Waals surface area contributed by atoms with Crippen molar-refractivity contribution in [2.75, 3.05) is 24.5 Å². The summed E-state index contributed by atoms with van der Waals surface area (Å²) in [6.07, 6.45) is 1.48. The predicted molar refractivity (Wildman–Crippen MR) is 89.4 cm³/mol. The first kappa shape index (κ1) is 14.6. The molecule has 4 rings (SSSR count). The van der Waals surface area contributed by atoms with Gasteiger partial charge in [-0.1, -0.05) is 30.3 Å². The Hall–Kier alpha value is -3.00. The number of hydrogen-bond acceptors (Lipinski definition) is 6. The van der Waals surface area contributed by atoms with Crippen molar-refractivity contribution in [3.63, 3.8) is 0 Å². The third-order valence-corrected chi connectivity index (χ3v) is 4.15. The van der Waals surface area contributed by atoms with Gasteiger partial charge < -0.3 is 16.0 Å². The van der Waals surface area contributed by atoms with Crippen molar-refractivity contribution in [3.05, 3.63) is 42.7 Å². The van der Waals surface area contributed by atoms with E-state index in [4.69, 9.17) is 5.73 Å². The Morgan fingerprint density at radius 3 is 2.92 bits per heavy atom. The topological polar surface area (TPSA) is 101 Å². The van der Waals surface area contributed by atoms with E-state index in [-0.39, 0.29) is 11.9 Å². The third kappa shape index (κ3) is 2.56. The standard InChI is InChI=1S/C16H17N7O/c17-15(24)13-9-22(7-6-18-13)14-8-12(11-4-2-1-3-5-11)21-16-19-10-20-23(14)16/h1-5,8,10,13,18H,6-7,9H2,(H2,17,24). The molecule has 3 N–H and O–H groups in total. The molecule has 0 saturated carbocycles. The molecule has 8 heteroatoms. The summed E-state index contributed by atoms with van der Waals surface area (Å²) < 4.78 is 1.69. The van der Waals surface area contributed by atoms with Crippen LogP contribution in [0.3, 0.4) is 0 Å². The number of nitrogens with zero attached hydrogens (tertiary/aromatic N) is 5. The molecule has 1 amide bonds. The first-order chi connectivity index (χ1) is 11.7. The summed E-state index contributed by atoms with van der Waals surface area (Å²) in [6.45, 7) is 1.91. The maximum absolute atomic E-state index is 11.5. The van der Waals surface area contributed by atoms with Crippen LogP contribution < -0.4 is 16.0 Å². The number of primary amides is 1. The second-order valence-electron chi connectivity index (χ2n) is 5.69. The Bertz CT molecular complexity index is 877. The van der Waals surface area contributed by atoms with Crippen LogP contribution in [0.4, 0.5) is 5.82 Å². The Morgan fingerprint density at radius 2 is 2.12 bits per heavy atom. The van der Waals surface area contributed by atoms with Crippen LogP contribution in [-0.2, 0) is 4.79 Å². The molecule has 1 atom stereocenters. The van der Waals surface area contributed by atoms with Gasteiger partial charge in [0.2, 0.25) is 5.91 Å². The highest BCUT2D eigenvalue weighted by Gasteiger charge is 2.25. The van der Waals surface area contributed by atoms with Crippen LogP contribution in [0.2, 0.25) is 0 Å². The molecule has 0 radical (unpaired) electrons. The van der Waals surface area contributed by atoms with Crippen LogP contribution in [0.15, 0.2) is 42.7 Å². The lowest BCUT2D eigenvalue weighted by atomic mass is 10.1. The average Bonchev–Trinajstić information content (AvgIpc) is 3.10. The van der Waals surface area contributed by atoms with Gasteiger partial charge in [-0.3, -0.25) is 4.79 Å². The molecule has 1 unspecified atom stereocenters. The third-order valence-electron chi connectivity index (χ3n) is 4.15. The van der Waals surface area contributed by atoms with Gasteiger partial charge in [0.1, 0.15) is 18.2 Å². The lowest BCUT2D eigenvalue weighted by Crippen LogP contribution is -2.56. The average molecular weight is 323 g/mol. The minimum absolute atomic E-state index is 0.355.